The first-order chi connectivity index (χ1) is 12.6. The Bertz CT molecular complexity index is 800. The van der Waals surface area contributed by atoms with Crippen LogP contribution in [0.5, 0.6) is 0 Å². The number of hydrogen-bond acceptors (Lipinski definition) is 4. The van der Waals surface area contributed by atoms with Crippen LogP contribution in [0.4, 0.5) is 0 Å². The molecule has 0 spiro atoms. The summed E-state index contributed by atoms with van der Waals surface area (Å²) in [4.78, 5) is 26.2. The summed E-state index contributed by atoms with van der Waals surface area (Å²) in [5.41, 5.74) is -0.569. The van der Waals surface area contributed by atoms with E-state index in [1.165, 1.54) is 28.6 Å². The number of likely N-dealkylation sites (tertiary alicyclic amines) is 1. The summed E-state index contributed by atoms with van der Waals surface area (Å²) >= 11 is 0. The Hall–Kier alpha value is -1.93. The van der Waals surface area contributed by atoms with Crippen molar-refractivity contribution in [3.8, 4) is 0 Å². The number of carboxylic acid groups (broad SMARTS) is 1. The minimum Gasteiger partial charge on any atom is -0.481 e. The second kappa shape index (κ2) is 7.98. The zero-order valence-corrected chi connectivity index (χ0v) is 17.1. The SMILES string of the molecule is CCN(CC)S(=O)(=O)c1ccc(C(=O)N2CCC(C(=O)O)(C(C)C)C2)cc1. The Morgan fingerprint density at radius 1 is 1.19 bits per heavy atom. The lowest BCUT2D eigenvalue weighted by Gasteiger charge is -2.28. The normalized spacial score (nSPS) is 20.4. The summed E-state index contributed by atoms with van der Waals surface area (Å²) in [5.74, 6) is -1.24. The van der Waals surface area contributed by atoms with Crippen molar-refractivity contribution in [2.75, 3.05) is 26.2 Å². The first-order valence-corrected chi connectivity index (χ1v) is 10.7. The molecular weight excluding hydrogens is 368 g/mol. The second-order valence-corrected chi connectivity index (χ2v) is 9.14. The lowest BCUT2D eigenvalue weighted by molar-refractivity contribution is -0.150. The van der Waals surface area contributed by atoms with Gasteiger partial charge in [-0.05, 0) is 36.6 Å². The van der Waals surface area contributed by atoms with E-state index in [1.807, 2.05) is 13.8 Å². The molecule has 1 saturated heterocycles. The van der Waals surface area contributed by atoms with Gasteiger partial charge >= 0.3 is 5.97 Å². The number of hydrogen-bond donors (Lipinski definition) is 1. The lowest BCUT2D eigenvalue weighted by Crippen LogP contribution is -2.40. The largest absolute Gasteiger partial charge is 0.481 e. The van der Waals surface area contributed by atoms with Crippen LogP contribution in [0.2, 0.25) is 0 Å². The number of carboxylic acids is 1. The van der Waals surface area contributed by atoms with Crippen LogP contribution in [0, 0.1) is 11.3 Å². The van der Waals surface area contributed by atoms with Gasteiger partial charge in [0.05, 0.1) is 10.3 Å². The van der Waals surface area contributed by atoms with E-state index in [0.717, 1.165) is 0 Å². The number of carbonyl (C=O) groups is 2. The number of carbonyl (C=O) groups excluding carboxylic acids is 1. The molecule has 1 aliphatic heterocycles. The summed E-state index contributed by atoms with van der Waals surface area (Å²) < 4.78 is 26.4. The summed E-state index contributed by atoms with van der Waals surface area (Å²) in [6, 6.07) is 5.86. The molecule has 1 N–H and O–H groups in total. The van der Waals surface area contributed by atoms with Gasteiger partial charge in [0, 0.05) is 31.7 Å². The van der Waals surface area contributed by atoms with Gasteiger partial charge < -0.3 is 10.0 Å². The molecule has 0 aromatic heterocycles. The number of aliphatic carboxylic acids is 1. The maximum absolute atomic E-state index is 12.8. The molecule has 1 aromatic carbocycles. The van der Waals surface area contributed by atoms with E-state index < -0.39 is 21.4 Å². The molecule has 27 heavy (non-hydrogen) atoms. The van der Waals surface area contributed by atoms with Crippen LogP contribution in [-0.2, 0) is 14.8 Å². The van der Waals surface area contributed by atoms with Crippen LogP contribution in [0.25, 0.3) is 0 Å². The van der Waals surface area contributed by atoms with Crippen LogP contribution in [0.15, 0.2) is 29.2 Å². The predicted molar refractivity (Wildman–Crippen MR) is 102 cm³/mol. The van der Waals surface area contributed by atoms with Crippen molar-refractivity contribution in [2.45, 2.75) is 39.0 Å². The fourth-order valence-corrected chi connectivity index (χ4v) is 5.02. The van der Waals surface area contributed by atoms with Crippen molar-refractivity contribution in [1.29, 1.82) is 0 Å². The van der Waals surface area contributed by atoms with Gasteiger partial charge in [0.15, 0.2) is 0 Å². The van der Waals surface area contributed by atoms with Crippen LogP contribution in [0.3, 0.4) is 0 Å². The van der Waals surface area contributed by atoms with E-state index >= 15 is 0 Å². The number of rotatable bonds is 7. The summed E-state index contributed by atoms with van der Waals surface area (Å²) in [6.07, 6.45) is 0.417. The van der Waals surface area contributed by atoms with Gasteiger partial charge in [0.1, 0.15) is 0 Å². The van der Waals surface area contributed by atoms with Crippen molar-refractivity contribution in [3.63, 3.8) is 0 Å². The molecule has 1 atom stereocenters. The average Bonchev–Trinajstić information content (AvgIpc) is 3.09. The lowest BCUT2D eigenvalue weighted by atomic mass is 9.76. The zero-order valence-electron chi connectivity index (χ0n) is 16.3. The molecule has 0 bridgehead atoms. The molecule has 0 saturated carbocycles. The van der Waals surface area contributed by atoms with Gasteiger partial charge in [-0.2, -0.15) is 4.31 Å². The Kier molecular flexibility index (Phi) is 6.32. The van der Waals surface area contributed by atoms with Gasteiger partial charge in [-0.25, -0.2) is 8.42 Å². The molecule has 2 rings (SSSR count). The quantitative estimate of drug-likeness (QED) is 0.763. The maximum Gasteiger partial charge on any atom is 0.311 e. The van der Waals surface area contributed by atoms with E-state index in [-0.39, 0.29) is 23.3 Å². The third kappa shape index (κ3) is 3.87. The third-order valence-electron chi connectivity index (χ3n) is 5.56. The standard InChI is InChI=1S/C19H28N2O5S/c1-5-21(6-2)27(25,26)16-9-7-15(8-10-16)17(22)20-12-11-19(13-20,14(3)4)18(23)24/h7-10,14H,5-6,11-13H2,1-4H3,(H,23,24). The Morgan fingerprint density at radius 3 is 2.15 bits per heavy atom. The molecular formula is C19H28N2O5S. The molecule has 7 nitrogen and oxygen atoms in total. The molecule has 1 aromatic rings. The highest BCUT2D eigenvalue weighted by atomic mass is 32.2. The van der Waals surface area contributed by atoms with E-state index in [1.54, 1.807) is 18.7 Å². The van der Waals surface area contributed by atoms with Crippen LogP contribution in [0.1, 0.15) is 44.5 Å². The van der Waals surface area contributed by atoms with E-state index in [4.69, 9.17) is 0 Å². The van der Waals surface area contributed by atoms with Gasteiger partial charge in [-0.3, -0.25) is 9.59 Å². The Labute approximate surface area is 161 Å². The number of benzene rings is 1. The van der Waals surface area contributed by atoms with E-state index in [0.29, 0.717) is 31.6 Å². The van der Waals surface area contributed by atoms with Gasteiger partial charge in [0.25, 0.3) is 5.91 Å². The van der Waals surface area contributed by atoms with Crippen molar-refractivity contribution in [1.82, 2.24) is 9.21 Å². The van der Waals surface area contributed by atoms with E-state index in [2.05, 4.69) is 0 Å². The van der Waals surface area contributed by atoms with Gasteiger partial charge in [-0.1, -0.05) is 27.7 Å². The third-order valence-corrected chi connectivity index (χ3v) is 7.63. The van der Waals surface area contributed by atoms with Crippen LogP contribution in [-0.4, -0.2) is 60.8 Å². The molecule has 1 heterocycles. The molecule has 1 fully saturated rings. The topological polar surface area (TPSA) is 95.0 Å². The summed E-state index contributed by atoms with van der Waals surface area (Å²) in [6.45, 7) is 8.55. The Morgan fingerprint density at radius 2 is 1.74 bits per heavy atom. The molecule has 1 unspecified atom stereocenters. The first-order valence-electron chi connectivity index (χ1n) is 9.23. The number of amides is 1. The van der Waals surface area contributed by atoms with Crippen LogP contribution >= 0.6 is 0 Å². The molecule has 0 radical (unpaired) electrons. The first kappa shape index (κ1) is 21.4. The maximum atomic E-state index is 12.8. The van der Waals surface area contributed by atoms with Gasteiger partial charge in [-0.15, -0.1) is 0 Å². The molecule has 1 amide bonds. The number of sulfonamides is 1. The Balaban J connectivity index is 2.21. The average molecular weight is 397 g/mol. The zero-order chi connectivity index (χ0) is 20.4. The van der Waals surface area contributed by atoms with Crippen LogP contribution < -0.4 is 0 Å². The fourth-order valence-electron chi connectivity index (χ4n) is 3.56. The van der Waals surface area contributed by atoms with Crippen molar-refractivity contribution >= 4 is 21.9 Å². The predicted octanol–water partition coefficient (Wildman–Crippen LogP) is 2.29. The second-order valence-electron chi connectivity index (χ2n) is 7.21. The minimum absolute atomic E-state index is 0.0885. The fraction of sp³-hybridized carbons (Fsp3) is 0.579. The van der Waals surface area contributed by atoms with Gasteiger partial charge in [0.2, 0.25) is 10.0 Å². The summed E-state index contributed by atoms with van der Waals surface area (Å²) in [7, 11) is -3.57. The molecule has 150 valence electrons. The van der Waals surface area contributed by atoms with Crippen molar-refractivity contribution in [2.24, 2.45) is 11.3 Å². The summed E-state index contributed by atoms with van der Waals surface area (Å²) in [5, 5.41) is 9.62. The molecule has 8 heteroatoms. The van der Waals surface area contributed by atoms with Crippen molar-refractivity contribution < 1.29 is 23.1 Å². The monoisotopic (exact) mass is 396 g/mol. The van der Waals surface area contributed by atoms with E-state index in [9.17, 15) is 23.1 Å². The minimum atomic E-state index is -3.57. The highest BCUT2D eigenvalue weighted by molar-refractivity contribution is 7.89. The molecule has 1 aliphatic rings. The van der Waals surface area contributed by atoms with Crippen molar-refractivity contribution in [3.05, 3.63) is 29.8 Å². The highest BCUT2D eigenvalue weighted by Crippen LogP contribution is 2.38. The smallest absolute Gasteiger partial charge is 0.311 e. The number of nitrogens with zero attached hydrogens (tertiary/aromatic N) is 2. The molecule has 0 aliphatic carbocycles. The highest BCUT2D eigenvalue weighted by Gasteiger charge is 2.48.